The summed E-state index contributed by atoms with van der Waals surface area (Å²) in [7, 11) is 2.24. The van der Waals surface area contributed by atoms with Gasteiger partial charge in [-0.25, -0.2) is 9.97 Å². The predicted molar refractivity (Wildman–Crippen MR) is 117 cm³/mol. The minimum Gasteiger partial charge on any atom is -0.355 e. The van der Waals surface area contributed by atoms with Crippen molar-refractivity contribution in [3.8, 4) is 0 Å². The maximum absolute atomic E-state index is 4.64. The molecule has 0 spiro atoms. The number of hydrogen-bond acceptors (Lipinski definition) is 6. The van der Waals surface area contributed by atoms with Gasteiger partial charge in [-0.15, -0.1) is 22.7 Å². The van der Waals surface area contributed by atoms with Gasteiger partial charge in [-0.05, 0) is 63.7 Å². The van der Waals surface area contributed by atoms with E-state index in [0.717, 1.165) is 21.7 Å². The second kappa shape index (κ2) is 6.86. The summed E-state index contributed by atoms with van der Waals surface area (Å²) in [6.07, 6.45) is 4.44. The summed E-state index contributed by atoms with van der Waals surface area (Å²) in [6, 6.07) is 11.4. The van der Waals surface area contributed by atoms with Gasteiger partial charge in [0.2, 0.25) is 0 Å². The number of rotatable bonds is 3. The Labute approximate surface area is 166 Å². The van der Waals surface area contributed by atoms with E-state index < -0.39 is 0 Å². The normalized spacial score (nSPS) is 21.1. The number of nitrogens with zero attached hydrogens (tertiary/aromatic N) is 3. The zero-order valence-electron chi connectivity index (χ0n) is 15.5. The molecule has 4 aromatic rings. The summed E-state index contributed by atoms with van der Waals surface area (Å²) in [5.74, 6) is 0.599. The van der Waals surface area contributed by atoms with Gasteiger partial charge in [-0.1, -0.05) is 0 Å². The molecule has 1 aliphatic heterocycles. The van der Waals surface area contributed by atoms with Crippen LogP contribution in [-0.4, -0.2) is 34.5 Å². The highest BCUT2D eigenvalue weighted by Gasteiger charge is 2.28. The number of likely N-dealkylation sites (tertiary alicyclic amines) is 1. The second-order valence-electron chi connectivity index (χ2n) is 7.36. The molecule has 6 heteroatoms. The molecule has 2 atom stereocenters. The average Bonchev–Trinajstić information content (AvgIpc) is 3.30. The first-order chi connectivity index (χ1) is 13.2. The van der Waals surface area contributed by atoms with Crippen LogP contribution in [0.5, 0.6) is 0 Å². The molecule has 1 fully saturated rings. The number of hydrogen-bond donors (Lipinski definition) is 1. The first kappa shape index (κ1) is 17.1. The van der Waals surface area contributed by atoms with Gasteiger partial charge < -0.3 is 10.2 Å². The number of likely N-dealkylation sites (N-methyl/N-ethyl adjacent to an activating group) is 1. The van der Waals surface area contributed by atoms with Crippen molar-refractivity contribution in [1.29, 1.82) is 0 Å². The van der Waals surface area contributed by atoms with E-state index in [4.69, 9.17) is 0 Å². The summed E-state index contributed by atoms with van der Waals surface area (Å²) in [5.41, 5.74) is 5.13. The predicted octanol–water partition coefficient (Wildman–Crippen LogP) is 5.85. The molecule has 0 amide bonds. The van der Waals surface area contributed by atoms with E-state index in [9.17, 15) is 0 Å². The van der Waals surface area contributed by atoms with E-state index in [1.165, 1.54) is 34.3 Å². The molecule has 4 nitrogen and oxygen atoms in total. The fourth-order valence-corrected chi connectivity index (χ4v) is 5.95. The Morgan fingerprint density at radius 3 is 3.04 bits per heavy atom. The van der Waals surface area contributed by atoms with E-state index in [0.29, 0.717) is 12.0 Å². The number of anilines is 2. The van der Waals surface area contributed by atoms with Gasteiger partial charge in [0, 0.05) is 34.1 Å². The molecule has 0 saturated carbocycles. The minimum absolute atomic E-state index is 0.579. The maximum atomic E-state index is 4.64. The third kappa shape index (κ3) is 3.12. The molecule has 0 aliphatic carbocycles. The standard InChI is InChI=1S/C21H22N4S2/c1-13-15(4-3-9-25(13)2)20-11-16-17(7-8-22-21(16)27-20)24-14-5-6-19-18(10-14)23-12-26-19/h5-8,10-13,15H,3-4,9H2,1-2H3,(H,22,24)/t13-,15-/m0/s1. The number of thiazole rings is 1. The molecule has 1 saturated heterocycles. The van der Waals surface area contributed by atoms with Crippen LogP contribution in [0.2, 0.25) is 0 Å². The third-order valence-corrected chi connectivity index (χ3v) is 7.72. The van der Waals surface area contributed by atoms with Crippen molar-refractivity contribution in [3.63, 3.8) is 0 Å². The number of piperidine rings is 1. The Kier molecular flexibility index (Phi) is 4.34. The molecular formula is C21H22N4S2. The van der Waals surface area contributed by atoms with Crippen molar-refractivity contribution in [1.82, 2.24) is 14.9 Å². The fourth-order valence-electron chi connectivity index (χ4n) is 4.03. The van der Waals surface area contributed by atoms with Gasteiger partial charge in [0.1, 0.15) is 4.83 Å². The van der Waals surface area contributed by atoms with Crippen molar-refractivity contribution in [2.75, 3.05) is 18.9 Å². The number of thiophene rings is 1. The van der Waals surface area contributed by atoms with Gasteiger partial charge in [0.25, 0.3) is 0 Å². The highest BCUT2D eigenvalue weighted by Crippen LogP contribution is 2.40. The van der Waals surface area contributed by atoms with Crippen LogP contribution in [0.1, 0.15) is 30.6 Å². The van der Waals surface area contributed by atoms with E-state index in [1.54, 1.807) is 11.3 Å². The highest BCUT2D eigenvalue weighted by molar-refractivity contribution is 7.18. The molecule has 27 heavy (non-hydrogen) atoms. The Balaban J connectivity index is 1.50. The molecular weight excluding hydrogens is 372 g/mol. The van der Waals surface area contributed by atoms with Crippen molar-refractivity contribution in [2.24, 2.45) is 0 Å². The van der Waals surface area contributed by atoms with Crippen LogP contribution in [0.15, 0.2) is 42.0 Å². The summed E-state index contributed by atoms with van der Waals surface area (Å²) >= 11 is 3.52. The Morgan fingerprint density at radius 1 is 1.19 bits per heavy atom. The fraction of sp³-hybridized carbons (Fsp3) is 0.333. The molecule has 5 rings (SSSR count). The van der Waals surface area contributed by atoms with E-state index in [-0.39, 0.29) is 0 Å². The molecule has 1 N–H and O–H groups in total. The zero-order chi connectivity index (χ0) is 18.4. The summed E-state index contributed by atoms with van der Waals surface area (Å²) < 4.78 is 1.22. The molecule has 0 bridgehead atoms. The number of aromatic nitrogens is 2. The van der Waals surface area contributed by atoms with E-state index >= 15 is 0 Å². The number of benzene rings is 1. The van der Waals surface area contributed by atoms with Crippen molar-refractivity contribution in [3.05, 3.63) is 46.9 Å². The van der Waals surface area contributed by atoms with Crippen molar-refractivity contribution < 1.29 is 0 Å². The summed E-state index contributed by atoms with van der Waals surface area (Å²) in [6.45, 7) is 3.55. The van der Waals surface area contributed by atoms with Crippen LogP contribution in [0.25, 0.3) is 20.4 Å². The largest absolute Gasteiger partial charge is 0.355 e. The molecule has 0 unspecified atom stereocenters. The Morgan fingerprint density at radius 2 is 2.11 bits per heavy atom. The van der Waals surface area contributed by atoms with Crippen LogP contribution in [0, 0.1) is 0 Å². The van der Waals surface area contributed by atoms with Gasteiger partial charge in [-0.2, -0.15) is 0 Å². The molecule has 1 aromatic carbocycles. The average molecular weight is 395 g/mol. The lowest BCUT2D eigenvalue weighted by Crippen LogP contribution is -2.38. The monoisotopic (exact) mass is 394 g/mol. The lowest BCUT2D eigenvalue weighted by Gasteiger charge is -2.36. The maximum Gasteiger partial charge on any atom is 0.125 e. The number of nitrogens with one attached hydrogen (secondary N) is 1. The van der Waals surface area contributed by atoms with Crippen LogP contribution in [-0.2, 0) is 0 Å². The number of pyridine rings is 1. The van der Waals surface area contributed by atoms with Gasteiger partial charge in [0.05, 0.1) is 21.4 Å². The topological polar surface area (TPSA) is 41.1 Å². The first-order valence-electron chi connectivity index (χ1n) is 9.38. The number of fused-ring (bicyclic) bond motifs is 2. The van der Waals surface area contributed by atoms with Crippen LogP contribution in [0.4, 0.5) is 11.4 Å². The van der Waals surface area contributed by atoms with Gasteiger partial charge in [0.15, 0.2) is 0 Å². The van der Waals surface area contributed by atoms with Crippen LogP contribution >= 0.6 is 22.7 Å². The molecule has 1 aliphatic rings. The second-order valence-corrected chi connectivity index (χ2v) is 9.30. The summed E-state index contributed by atoms with van der Waals surface area (Å²) in [4.78, 5) is 14.1. The molecule has 138 valence electrons. The van der Waals surface area contributed by atoms with Gasteiger partial charge in [-0.3, -0.25) is 0 Å². The molecule has 3 aromatic heterocycles. The Bertz CT molecular complexity index is 1100. The van der Waals surface area contributed by atoms with Crippen LogP contribution < -0.4 is 5.32 Å². The Hall–Kier alpha value is -2.02. The smallest absolute Gasteiger partial charge is 0.125 e. The lowest BCUT2D eigenvalue weighted by molar-refractivity contribution is 0.176. The van der Waals surface area contributed by atoms with E-state index in [2.05, 4.69) is 64.5 Å². The molecule has 4 heterocycles. The van der Waals surface area contributed by atoms with E-state index in [1.807, 2.05) is 23.0 Å². The van der Waals surface area contributed by atoms with Crippen LogP contribution in [0.3, 0.4) is 0 Å². The minimum atomic E-state index is 0.579. The lowest BCUT2D eigenvalue weighted by atomic mass is 9.89. The highest BCUT2D eigenvalue weighted by atomic mass is 32.1. The first-order valence-corrected chi connectivity index (χ1v) is 11.1. The van der Waals surface area contributed by atoms with Crippen molar-refractivity contribution in [2.45, 2.75) is 31.7 Å². The summed E-state index contributed by atoms with van der Waals surface area (Å²) in [5, 5.41) is 4.80. The molecule has 0 radical (unpaired) electrons. The van der Waals surface area contributed by atoms with Gasteiger partial charge >= 0.3 is 0 Å². The van der Waals surface area contributed by atoms with Crippen molar-refractivity contribution >= 4 is 54.5 Å². The quantitative estimate of drug-likeness (QED) is 0.473. The zero-order valence-corrected chi connectivity index (χ0v) is 17.1. The third-order valence-electron chi connectivity index (χ3n) is 5.73. The SMILES string of the molecule is C[C@H]1[C@@H](c2cc3c(Nc4ccc5scnc5c4)ccnc3s2)CCCN1C.